The molecule has 2 aromatic heterocycles. The van der Waals surface area contributed by atoms with Crippen molar-refractivity contribution in [2.45, 2.75) is 6.54 Å². The minimum absolute atomic E-state index is 0.210. The van der Waals surface area contributed by atoms with Crippen LogP contribution in [0.25, 0.3) is 0 Å². The fourth-order valence-electron chi connectivity index (χ4n) is 2.41. The second kappa shape index (κ2) is 8.02. The molecular weight excluding hydrogens is 328 g/mol. The van der Waals surface area contributed by atoms with Gasteiger partial charge in [-0.3, -0.25) is 19.6 Å². The minimum Gasteiger partial charge on any atom is -0.346 e. The summed E-state index contributed by atoms with van der Waals surface area (Å²) in [7, 11) is 1.67. The lowest BCUT2D eigenvalue weighted by molar-refractivity contribution is 0.0950. The molecule has 6 heteroatoms. The molecule has 0 saturated heterocycles. The van der Waals surface area contributed by atoms with Gasteiger partial charge in [-0.05, 0) is 36.4 Å². The van der Waals surface area contributed by atoms with Crippen LogP contribution < -0.4 is 10.2 Å². The SMILES string of the molecule is CN(C(=O)c1cc(C(=O)NCc2ccccn2)ccn1)c1ccccc1. The zero-order chi connectivity index (χ0) is 18.4. The lowest BCUT2D eigenvalue weighted by Gasteiger charge is -2.17. The Kier molecular flexibility index (Phi) is 5.34. The number of hydrogen-bond acceptors (Lipinski definition) is 4. The molecule has 1 aromatic carbocycles. The van der Waals surface area contributed by atoms with E-state index >= 15 is 0 Å². The first-order valence-electron chi connectivity index (χ1n) is 8.12. The first-order chi connectivity index (χ1) is 12.6. The summed E-state index contributed by atoms with van der Waals surface area (Å²) < 4.78 is 0. The third kappa shape index (κ3) is 4.10. The van der Waals surface area contributed by atoms with E-state index < -0.39 is 0 Å². The summed E-state index contributed by atoms with van der Waals surface area (Å²) >= 11 is 0. The van der Waals surface area contributed by atoms with E-state index in [9.17, 15) is 9.59 Å². The normalized spacial score (nSPS) is 10.2. The molecule has 6 nitrogen and oxygen atoms in total. The van der Waals surface area contributed by atoms with Crippen LogP contribution in [0.4, 0.5) is 5.69 Å². The number of anilines is 1. The first kappa shape index (κ1) is 17.3. The number of nitrogens with zero attached hydrogens (tertiary/aromatic N) is 3. The third-order valence-electron chi connectivity index (χ3n) is 3.85. The Morgan fingerprint density at radius 1 is 0.962 bits per heavy atom. The number of benzene rings is 1. The Hall–Kier alpha value is -3.54. The molecule has 0 aliphatic heterocycles. The van der Waals surface area contributed by atoms with Crippen molar-refractivity contribution in [3.8, 4) is 0 Å². The van der Waals surface area contributed by atoms with Crippen molar-refractivity contribution >= 4 is 17.5 Å². The number of pyridine rings is 2. The van der Waals surface area contributed by atoms with Gasteiger partial charge in [0.05, 0.1) is 12.2 Å². The zero-order valence-electron chi connectivity index (χ0n) is 14.3. The quantitative estimate of drug-likeness (QED) is 0.771. The number of nitrogens with one attached hydrogen (secondary N) is 1. The molecule has 0 aliphatic carbocycles. The van der Waals surface area contributed by atoms with Crippen molar-refractivity contribution in [1.29, 1.82) is 0 Å². The number of carbonyl (C=O) groups is 2. The Balaban J connectivity index is 1.71. The van der Waals surface area contributed by atoms with E-state index in [2.05, 4.69) is 15.3 Å². The average molecular weight is 346 g/mol. The van der Waals surface area contributed by atoms with Crippen LogP contribution in [0.5, 0.6) is 0 Å². The van der Waals surface area contributed by atoms with Crippen molar-refractivity contribution in [2.75, 3.05) is 11.9 Å². The van der Waals surface area contributed by atoms with Crippen molar-refractivity contribution in [3.05, 3.63) is 90.0 Å². The molecular formula is C20H18N4O2. The molecule has 1 N–H and O–H groups in total. The zero-order valence-corrected chi connectivity index (χ0v) is 14.3. The van der Waals surface area contributed by atoms with Crippen LogP contribution >= 0.6 is 0 Å². The highest BCUT2D eigenvalue weighted by Gasteiger charge is 2.16. The Morgan fingerprint density at radius 2 is 1.73 bits per heavy atom. The summed E-state index contributed by atoms with van der Waals surface area (Å²) in [4.78, 5) is 34.7. The highest BCUT2D eigenvalue weighted by Crippen LogP contribution is 2.14. The largest absolute Gasteiger partial charge is 0.346 e. The van der Waals surface area contributed by atoms with Gasteiger partial charge in [-0.15, -0.1) is 0 Å². The van der Waals surface area contributed by atoms with Gasteiger partial charge in [0.2, 0.25) is 0 Å². The predicted octanol–water partition coefficient (Wildman–Crippen LogP) is 2.68. The Labute approximate surface area is 151 Å². The molecule has 0 unspecified atom stereocenters. The number of aromatic nitrogens is 2. The van der Waals surface area contributed by atoms with Crippen LogP contribution in [0.2, 0.25) is 0 Å². The second-order valence-electron chi connectivity index (χ2n) is 5.63. The van der Waals surface area contributed by atoms with Crippen LogP contribution in [0.15, 0.2) is 73.1 Å². The summed E-state index contributed by atoms with van der Waals surface area (Å²) in [5.41, 5.74) is 2.10. The summed E-state index contributed by atoms with van der Waals surface area (Å²) in [6.45, 7) is 0.315. The molecule has 0 aliphatic rings. The van der Waals surface area contributed by atoms with Gasteiger partial charge in [0.15, 0.2) is 0 Å². The van der Waals surface area contributed by atoms with Gasteiger partial charge in [-0.1, -0.05) is 24.3 Å². The molecule has 2 heterocycles. The number of rotatable bonds is 5. The molecule has 0 fully saturated rings. The maximum absolute atomic E-state index is 12.6. The number of para-hydroxylation sites is 1. The van der Waals surface area contributed by atoms with E-state index in [-0.39, 0.29) is 17.5 Å². The van der Waals surface area contributed by atoms with Crippen molar-refractivity contribution in [3.63, 3.8) is 0 Å². The standard InChI is InChI=1S/C20H18N4O2/c1-24(17-8-3-2-4-9-17)20(26)18-13-15(10-12-22-18)19(25)23-14-16-7-5-6-11-21-16/h2-13H,14H2,1H3,(H,23,25). The molecule has 2 amide bonds. The van der Waals surface area contributed by atoms with Gasteiger partial charge < -0.3 is 10.2 Å². The van der Waals surface area contributed by atoms with Crippen LogP contribution in [-0.4, -0.2) is 28.8 Å². The van der Waals surface area contributed by atoms with Crippen LogP contribution in [0, 0.1) is 0 Å². The molecule has 3 rings (SSSR count). The topological polar surface area (TPSA) is 75.2 Å². The predicted molar refractivity (Wildman–Crippen MR) is 98.8 cm³/mol. The Morgan fingerprint density at radius 3 is 2.46 bits per heavy atom. The molecule has 26 heavy (non-hydrogen) atoms. The molecule has 0 bridgehead atoms. The molecule has 0 radical (unpaired) electrons. The fraction of sp³-hybridized carbons (Fsp3) is 0.100. The second-order valence-corrected chi connectivity index (χ2v) is 5.63. The van der Waals surface area contributed by atoms with Crippen molar-refractivity contribution in [1.82, 2.24) is 15.3 Å². The van der Waals surface area contributed by atoms with Gasteiger partial charge in [-0.25, -0.2) is 0 Å². The van der Waals surface area contributed by atoms with E-state index in [1.165, 1.54) is 17.2 Å². The highest BCUT2D eigenvalue weighted by atomic mass is 16.2. The van der Waals surface area contributed by atoms with Crippen LogP contribution in [0.3, 0.4) is 0 Å². The maximum Gasteiger partial charge on any atom is 0.276 e. The summed E-state index contributed by atoms with van der Waals surface area (Å²) in [5.74, 6) is -0.565. The lowest BCUT2D eigenvalue weighted by atomic mass is 10.2. The number of hydrogen-bond donors (Lipinski definition) is 1. The molecule has 3 aromatic rings. The molecule has 130 valence electrons. The summed E-state index contributed by atoms with van der Waals surface area (Å²) in [6.07, 6.45) is 3.13. The molecule has 0 atom stereocenters. The summed E-state index contributed by atoms with van der Waals surface area (Å²) in [5, 5.41) is 2.79. The number of carbonyl (C=O) groups excluding carboxylic acids is 2. The van der Waals surface area contributed by atoms with Gasteiger partial charge >= 0.3 is 0 Å². The smallest absolute Gasteiger partial charge is 0.276 e. The van der Waals surface area contributed by atoms with Gasteiger partial charge in [0, 0.05) is 30.7 Å². The van der Waals surface area contributed by atoms with Crippen molar-refractivity contribution < 1.29 is 9.59 Å². The molecule has 0 saturated carbocycles. The van der Waals surface area contributed by atoms with E-state index in [1.54, 1.807) is 19.3 Å². The summed E-state index contributed by atoms with van der Waals surface area (Å²) in [6, 6.07) is 17.8. The average Bonchev–Trinajstić information content (AvgIpc) is 2.72. The first-order valence-corrected chi connectivity index (χ1v) is 8.12. The third-order valence-corrected chi connectivity index (χ3v) is 3.85. The highest BCUT2D eigenvalue weighted by molar-refractivity contribution is 6.06. The van der Waals surface area contributed by atoms with E-state index in [0.29, 0.717) is 12.1 Å². The maximum atomic E-state index is 12.6. The monoisotopic (exact) mass is 346 g/mol. The van der Waals surface area contributed by atoms with E-state index in [1.807, 2.05) is 48.5 Å². The lowest BCUT2D eigenvalue weighted by Crippen LogP contribution is -2.28. The van der Waals surface area contributed by atoms with Crippen LogP contribution in [-0.2, 0) is 6.54 Å². The van der Waals surface area contributed by atoms with Gasteiger partial charge in [-0.2, -0.15) is 0 Å². The van der Waals surface area contributed by atoms with Gasteiger partial charge in [0.25, 0.3) is 11.8 Å². The van der Waals surface area contributed by atoms with Gasteiger partial charge in [0.1, 0.15) is 5.69 Å². The Bertz CT molecular complexity index is 898. The minimum atomic E-state index is -0.283. The molecule has 0 spiro atoms. The fourth-order valence-corrected chi connectivity index (χ4v) is 2.41. The number of amides is 2. The van der Waals surface area contributed by atoms with Crippen molar-refractivity contribution in [2.24, 2.45) is 0 Å². The van der Waals surface area contributed by atoms with Crippen LogP contribution in [0.1, 0.15) is 26.5 Å². The van der Waals surface area contributed by atoms with E-state index in [0.717, 1.165) is 11.4 Å². The van der Waals surface area contributed by atoms with E-state index in [4.69, 9.17) is 0 Å².